The Labute approximate surface area is 201 Å². The van der Waals surface area contributed by atoms with Crippen molar-refractivity contribution in [2.24, 2.45) is 0 Å². The van der Waals surface area contributed by atoms with E-state index in [1.165, 1.54) is 11.3 Å². The Balaban J connectivity index is 1.44. The number of aliphatic hydroxyl groups excluding tert-OH is 2. The van der Waals surface area contributed by atoms with Crippen molar-refractivity contribution in [1.82, 2.24) is 14.9 Å². The molecule has 3 aromatic rings. The molecule has 3 heterocycles. The van der Waals surface area contributed by atoms with Crippen LogP contribution in [0.15, 0.2) is 29.8 Å². The second-order valence-electron chi connectivity index (χ2n) is 8.06. The number of aromatic nitrogens is 2. The number of benzene rings is 1. The van der Waals surface area contributed by atoms with Gasteiger partial charge >= 0.3 is 0 Å². The molecule has 1 amide bonds. The number of carbonyl (C=O) groups is 1. The Bertz CT molecular complexity index is 1230. The minimum atomic E-state index is -0.576. The number of thiophene rings is 1. The van der Waals surface area contributed by atoms with Crippen molar-refractivity contribution in [2.75, 3.05) is 31.6 Å². The summed E-state index contributed by atoms with van der Waals surface area (Å²) >= 11 is 7.62. The normalized spacial score (nSPS) is 15.2. The summed E-state index contributed by atoms with van der Waals surface area (Å²) in [6.45, 7) is 2.98. The largest absolute Gasteiger partial charge is 0.389 e. The number of carbonyl (C=O) groups excluding carboxylic acids is 1. The lowest BCUT2D eigenvalue weighted by atomic mass is 10.0. The second-order valence-corrected chi connectivity index (χ2v) is 9.38. The fourth-order valence-electron chi connectivity index (χ4n) is 3.91. The van der Waals surface area contributed by atoms with Gasteiger partial charge in [0.15, 0.2) is 0 Å². The summed E-state index contributed by atoms with van der Waals surface area (Å²) in [5.41, 5.74) is 2.76. The van der Waals surface area contributed by atoms with Crippen LogP contribution in [0.5, 0.6) is 0 Å². The smallest absolute Gasteiger partial charge is 0.263 e. The first-order chi connectivity index (χ1) is 15.9. The third-order valence-corrected chi connectivity index (χ3v) is 7.14. The summed E-state index contributed by atoms with van der Waals surface area (Å²) in [5, 5.41) is 21.0. The Morgan fingerprint density at radius 2 is 2.09 bits per heavy atom. The Morgan fingerprint density at radius 3 is 2.76 bits per heavy atom. The number of hydrogen-bond acceptors (Lipinski definition) is 7. The van der Waals surface area contributed by atoms with E-state index in [2.05, 4.69) is 21.7 Å². The van der Waals surface area contributed by atoms with Gasteiger partial charge in [-0.25, -0.2) is 4.98 Å². The van der Waals surface area contributed by atoms with E-state index in [4.69, 9.17) is 21.7 Å². The number of rotatable bonds is 4. The topological polar surface area (TPSA) is 89.8 Å². The quantitative estimate of drug-likeness (QED) is 0.551. The van der Waals surface area contributed by atoms with E-state index >= 15 is 0 Å². The molecule has 1 aliphatic heterocycles. The van der Waals surface area contributed by atoms with Crippen LogP contribution in [-0.2, 0) is 0 Å². The lowest BCUT2D eigenvalue weighted by Crippen LogP contribution is -2.45. The summed E-state index contributed by atoms with van der Waals surface area (Å²) in [5.74, 6) is 6.22. The molecule has 0 aliphatic carbocycles. The maximum Gasteiger partial charge on any atom is 0.263 e. The number of hydrogen-bond donors (Lipinski definition) is 2. The molecule has 1 atom stereocenters. The van der Waals surface area contributed by atoms with E-state index in [9.17, 15) is 9.90 Å². The fraction of sp³-hybridized carbons (Fsp3) is 0.375. The molecule has 1 saturated heterocycles. The minimum absolute atomic E-state index is 0.00996. The second kappa shape index (κ2) is 10.1. The molecule has 4 rings (SSSR count). The molecule has 2 N–H and O–H groups in total. The number of nitrogens with zero attached hydrogens (tertiary/aromatic N) is 4. The highest BCUT2D eigenvalue weighted by molar-refractivity contribution is 7.12. The summed E-state index contributed by atoms with van der Waals surface area (Å²) < 4.78 is 0. The van der Waals surface area contributed by atoms with Crippen molar-refractivity contribution < 1.29 is 15.0 Å². The summed E-state index contributed by atoms with van der Waals surface area (Å²) in [7, 11) is 1.85. The van der Waals surface area contributed by atoms with E-state index in [0.717, 1.165) is 37.3 Å². The van der Waals surface area contributed by atoms with Gasteiger partial charge in [0.25, 0.3) is 5.91 Å². The van der Waals surface area contributed by atoms with Gasteiger partial charge in [-0.15, -0.1) is 11.3 Å². The van der Waals surface area contributed by atoms with Crippen LogP contribution in [0.4, 0.5) is 5.82 Å². The zero-order valence-electron chi connectivity index (χ0n) is 18.5. The maximum atomic E-state index is 12.9. The Morgan fingerprint density at radius 1 is 1.33 bits per heavy atom. The molecule has 7 nitrogen and oxygen atoms in total. The molecule has 0 spiro atoms. The average Bonchev–Trinajstić information content (AvgIpc) is 3.32. The van der Waals surface area contributed by atoms with Crippen LogP contribution in [0.2, 0.25) is 5.02 Å². The summed E-state index contributed by atoms with van der Waals surface area (Å²) in [6.07, 6.45) is 2.82. The molecule has 33 heavy (non-hydrogen) atoms. The molecular weight excluding hydrogens is 460 g/mol. The van der Waals surface area contributed by atoms with Gasteiger partial charge < -0.3 is 20.0 Å². The average molecular weight is 485 g/mol. The van der Waals surface area contributed by atoms with Gasteiger partial charge in [-0.2, -0.15) is 0 Å². The number of piperidine rings is 1. The van der Waals surface area contributed by atoms with Crippen molar-refractivity contribution in [3.63, 3.8) is 0 Å². The first-order valence-electron chi connectivity index (χ1n) is 10.7. The van der Waals surface area contributed by atoms with Crippen LogP contribution < -0.4 is 4.90 Å². The molecule has 1 unspecified atom stereocenters. The standard InChI is InChI=1S/C24H25ClN4O3S/c1-15(31)17-11-22(33-14-17)24(32)28(2)18-5-7-29(8-6-18)23-13-26-20-12-19(25)16(4-3-9-30)10-21(20)27-23/h10-15,18,30-31H,5-9H2,1-2H3. The Hall–Kier alpha value is -2.70. The molecule has 172 valence electrons. The van der Waals surface area contributed by atoms with Crippen LogP contribution in [-0.4, -0.2) is 63.8 Å². The summed E-state index contributed by atoms with van der Waals surface area (Å²) in [6, 6.07) is 5.44. The van der Waals surface area contributed by atoms with E-state index in [0.29, 0.717) is 26.5 Å². The molecule has 1 fully saturated rings. The number of amides is 1. The van der Waals surface area contributed by atoms with Crippen molar-refractivity contribution >= 4 is 45.7 Å². The molecule has 2 aromatic heterocycles. The van der Waals surface area contributed by atoms with E-state index in [1.54, 1.807) is 31.3 Å². The molecular formula is C24H25ClN4O3S. The van der Waals surface area contributed by atoms with Gasteiger partial charge in [0.2, 0.25) is 0 Å². The van der Waals surface area contributed by atoms with Crippen LogP contribution >= 0.6 is 22.9 Å². The molecule has 1 aromatic carbocycles. The molecule has 0 bridgehead atoms. The van der Waals surface area contributed by atoms with Gasteiger partial charge in [0, 0.05) is 31.7 Å². The van der Waals surface area contributed by atoms with E-state index < -0.39 is 6.10 Å². The SMILES string of the molecule is CC(O)c1csc(C(=O)N(C)C2CCN(c3cnc4cc(Cl)c(C#CCO)cc4n3)CC2)c1. The number of halogens is 1. The van der Waals surface area contributed by atoms with Crippen molar-refractivity contribution in [1.29, 1.82) is 0 Å². The first kappa shape index (κ1) is 23.5. The highest BCUT2D eigenvalue weighted by atomic mass is 35.5. The maximum absolute atomic E-state index is 12.9. The van der Waals surface area contributed by atoms with Gasteiger partial charge in [0.1, 0.15) is 12.4 Å². The number of anilines is 1. The van der Waals surface area contributed by atoms with Gasteiger partial charge in [-0.1, -0.05) is 23.4 Å². The summed E-state index contributed by atoms with van der Waals surface area (Å²) in [4.78, 5) is 26.8. The minimum Gasteiger partial charge on any atom is -0.389 e. The van der Waals surface area contributed by atoms with Gasteiger partial charge in [0.05, 0.1) is 33.2 Å². The van der Waals surface area contributed by atoms with E-state index in [1.807, 2.05) is 17.3 Å². The molecule has 0 radical (unpaired) electrons. The highest BCUT2D eigenvalue weighted by Gasteiger charge is 2.27. The fourth-order valence-corrected chi connectivity index (χ4v) is 5.09. The highest BCUT2D eigenvalue weighted by Crippen LogP contribution is 2.27. The van der Waals surface area contributed by atoms with Crippen molar-refractivity contribution in [2.45, 2.75) is 31.9 Å². The predicted octanol–water partition coefficient (Wildman–Crippen LogP) is 3.48. The monoisotopic (exact) mass is 484 g/mol. The zero-order chi connectivity index (χ0) is 23.5. The first-order valence-corrected chi connectivity index (χ1v) is 12.0. The number of aliphatic hydroxyl groups is 2. The van der Waals surface area contributed by atoms with Crippen LogP contribution in [0, 0.1) is 11.8 Å². The van der Waals surface area contributed by atoms with Crippen LogP contribution in [0.25, 0.3) is 11.0 Å². The predicted molar refractivity (Wildman–Crippen MR) is 131 cm³/mol. The van der Waals surface area contributed by atoms with Crippen LogP contribution in [0.3, 0.4) is 0 Å². The third-order valence-electron chi connectivity index (χ3n) is 5.89. The lowest BCUT2D eigenvalue weighted by molar-refractivity contribution is 0.0714. The van der Waals surface area contributed by atoms with Gasteiger partial charge in [-0.05, 0) is 48.9 Å². The Kier molecular flexibility index (Phi) is 7.15. The molecule has 9 heteroatoms. The number of fused-ring (bicyclic) bond motifs is 1. The van der Waals surface area contributed by atoms with Crippen molar-refractivity contribution in [3.05, 3.63) is 50.8 Å². The zero-order valence-corrected chi connectivity index (χ0v) is 20.0. The third kappa shape index (κ3) is 5.12. The van der Waals surface area contributed by atoms with Gasteiger partial charge in [-0.3, -0.25) is 9.78 Å². The van der Waals surface area contributed by atoms with Crippen molar-refractivity contribution in [3.8, 4) is 11.8 Å². The lowest BCUT2D eigenvalue weighted by Gasteiger charge is -2.37. The van der Waals surface area contributed by atoms with Crippen LogP contribution in [0.1, 0.15) is 46.7 Å². The van der Waals surface area contributed by atoms with E-state index in [-0.39, 0.29) is 18.6 Å². The molecule has 1 aliphatic rings. The molecule has 0 saturated carbocycles.